The summed E-state index contributed by atoms with van der Waals surface area (Å²) in [5.74, 6) is 0.631. The number of phenols is 1. The second-order valence-electron chi connectivity index (χ2n) is 8.71. The lowest BCUT2D eigenvalue weighted by Crippen LogP contribution is -2.25. The molecule has 0 atom stereocenters. The van der Waals surface area contributed by atoms with Crippen LogP contribution in [0.4, 0.5) is 5.69 Å². The molecule has 2 aliphatic rings. The molecule has 5 rings (SSSR count). The number of amides is 1. The first kappa shape index (κ1) is 19.1. The van der Waals surface area contributed by atoms with Gasteiger partial charge in [-0.25, -0.2) is 0 Å². The molecule has 3 aromatic rings. The molecule has 0 unspecified atom stereocenters. The summed E-state index contributed by atoms with van der Waals surface area (Å²) >= 11 is 0. The monoisotopic (exact) mass is 404 g/mol. The van der Waals surface area contributed by atoms with E-state index in [1.807, 2.05) is 30.3 Å². The molecule has 1 heterocycles. The molecule has 6 nitrogen and oxygen atoms in total. The van der Waals surface area contributed by atoms with Crippen molar-refractivity contribution in [3.05, 3.63) is 42.0 Å². The summed E-state index contributed by atoms with van der Waals surface area (Å²) in [6.07, 6.45) is 9.97. The van der Waals surface area contributed by atoms with E-state index in [0.717, 1.165) is 60.8 Å². The highest BCUT2D eigenvalue weighted by Crippen LogP contribution is 2.41. The molecule has 156 valence electrons. The van der Waals surface area contributed by atoms with Crippen LogP contribution in [-0.4, -0.2) is 26.0 Å². The van der Waals surface area contributed by atoms with E-state index >= 15 is 0 Å². The fraction of sp³-hybridized carbons (Fsp3) is 0.458. The van der Waals surface area contributed by atoms with Crippen molar-refractivity contribution in [3.8, 4) is 11.4 Å². The first-order valence-corrected chi connectivity index (χ1v) is 11.2. The van der Waals surface area contributed by atoms with Crippen LogP contribution in [0.25, 0.3) is 16.7 Å². The van der Waals surface area contributed by atoms with Gasteiger partial charge in [-0.2, -0.15) is 0 Å². The molecule has 0 aliphatic heterocycles. The van der Waals surface area contributed by atoms with E-state index in [9.17, 15) is 9.90 Å². The van der Waals surface area contributed by atoms with E-state index in [2.05, 4.69) is 15.5 Å². The maximum atomic E-state index is 12.9. The number of aromatic nitrogens is 3. The summed E-state index contributed by atoms with van der Waals surface area (Å²) in [4.78, 5) is 14.4. The predicted octanol–water partition coefficient (Wildman–Crippen LogP) is 5.30. The topological polar surface area (TPSA) is 80.0 Å². The van der Waals surface area contributed by atoms with Crippen LogP contribution in [0.15, 0.2) is 36.4 Å². The molecule has 2 fully saturated rings. The van der Waals surface area contributed by atoms with Crippen LogP contribution in [-0.2, 0) is 4.79 Å². The highest BCUT2D eigenvalue weighted by Gasteiger charge is 2.26. The number of carbonyl (C=O) groups excluding carboxylic acids is 1. The number of hydrogen-bond acceptors (Lipinski definition) is 4. The minimum Gasteiger partial charge on any atom is -0.506 e. The summed E-state index contributed by atoms with van der Waals surface area (Å²) in [6, 6.07) is 11.3. The molecule has 1 amide bonds. The van der Waals surface area contributed by atoms with E-state index in [-0.39, 0.29) is 17.6 Å². The first-order valence-electron chi connectivity index (χ1n) is 11.2. The van der Waals surface area contributed by atoms with Gasteiger partial charge < -0.3 is 10.4 Å². The zero-order chi connectivity index (χ0) is 20.5. The maximum absolute atomic E-state index is 12.9. The zero-order valence-electron chi connectivity index (χ0n) is 17.2. The van der Waals surface area contributed by atoms with Crippen molar-refractivity contribution in [1.29, 1.82) is 0 Å². The average Bonchev–Trinajstić information content (AvgIpc) is 3.44. The van der Waals surface area contributed by atoms with Gasteiger partial charge >= 0.3 is 0 Å². The highest BCUT2D eigenvalue weighted by atomic mass is 16.3. The van der Waals surface area contributed by atoms with Gasteiger partial charge in [-0.1, -0.05) is 44.2 Å². The molecule has 1 aromatic heterocycles. The number of anilines is 1. The fourth-order valence-corrected chi connectivity index (χ4v) is 5.00. The van der Waals surface area contributed by atoms with E-state index < -0.39 is 0 Å². The minimum atomic E-state index is 0.0788. The van der Waals surface area contributed by atoms with Crippen LogP contribution in [0.3, 0.4) is 0 Å². The van der Waals surface area contributed by atoms with Crippen molar-refractivity contribution in [2.75, 3.05) is 5.32 Å². The Kier molecular flexibility index (Phi) is 5.15. The van der Waals surface area contributed by atoms with E-state index in [1.54, 1.807) is 6.07 Å². The van der Waals surface area contributed by atoms with E-state index in [4.69, 9.17) is 0 Å². The Morgan fingerprint density at radius 3 is 2.23 bits per heavy atom. The third-order valence-electron chi connectivity index (χ3n) is 6.68. The largest absolute Gasteiger partial charge is 0.506 e. The van der Waals surface area contributed by atoms with Gasteiger partial charge in [0.15, 0.2) is 0 Å². The van der Waals surface area contributed by atoms with Crippen LogP contribution < -0.4 is 5.32 Å². The molecule has 2 aromatic carbocycles. The first-order chi connectivity index (χ1) is 14.7. The quantitative estimate of drug-likeness (QED) is 0.618. The number of fused-ring (bicyclic) bond motifs is 1. The van der Waals surface area contributed by atoms with Gasteiger partial charge in [0, 0.05) is 17.7 Å². The third-order valence-corrected chi connectivity index (χ3v) is 6.68. The number of nitrogens with one attached hydrogen (secondary N) is 1. The molecule has 0 spiro atoms. The molecular formula is C24H28N4O2. The smallest absolute Gasteiger partial charge is 0.227 e. The molecular weight excluding hydrogens is 376 g/mol. The molecule has 2 N–H and O–H groups in total. The van der Waals surface area contributed by atoms with Gasteiger partial charge in [0.25, 0.3) is 0 Å². The highest BCUT2D eigenvalue weighted by molar-refractivity contribution is 5.94. The number of nitrogens with zero attached hydrogens (tertiary/aromatic N) is 3. The van der Waals surface area contributed by atoms with Crippen LogP contribution in [0, 0.1) is 5.92 Å². The van der Waals surface area contributed by atoms with Gasteiger partial charge in [-0.05, 0) is 55.4 Å². The van der Waals surface area contributed by atoms with Crippen molar-refractivity contribution in [1.82, 2.24) is 15.0 Å². The maximum Gasteiger partial charge on any atom is 0.227 e. The molecule has 2 aliphatic carbocycles. The number of rotatable bonds is 4. The van der Waals surface area contributed by atoms with Crippen molar-refractivity contribution in [2.45, 2.75) is 63.7 Å². The van der Waals surface area contributed by atoms with Gasteiger partial charge in [0.05, 0.1) is 0 Å². The van der Waals surface area contributed by atoms with Crippen molar-refractivity contribution < 1.29 is 9.90 Å². The Bertz CT molecular complexity index is 1030. The summed E-state index contributed by atoms with van der Waals surface area (Å²) < 4.78 is 0. The number of aromatic hydroxyl groups is 1. The Morgan fingerprint density at radius 2 is 1.57 bits per heavy atom. The van der Waals surface area contributed by atoms with Crippen molar-refractivity contribution in [3.63, 3.8) is 0 Å². The number of carbonyl (C=O) groups is 1. The second kappa shape index (κ2) is 8.09. The molecule has 0 radical (unpaired) electrons. The Hall–Kier alpha value is -2.89. The zero-order valence-corrected chi connectivity index (χ0v) is 17.2. The van der Waals surface area contributed by atoms with Crippen molar-refractivity contribution in [2.24, 2.45) is 5.92 Å². The van der Waals surface area contributed by atoms with Gasteiger partial charge in [0.1, 0.15) is 22.5 Å². The Balaban J connectivity index is 1.52. The Labute approximate surface area is 176 Å². The molecule has 2 saturated carbocycles. The van der Waals surface area contributed by atoms with Crippen LogP contribution in [0.1, 0.15) is 69.3 Å². The van der Waals surface area contributed by atoms with Gasteiger partial charge in [-0.3, -0.25) is 4.79 Å². The number of phenolic OH excluding ortho intramolecular Hbond substituents is 1. The third kappa shape index (κ3) is 3.66. The normalized spacial score (nSPS) is 18.1. The lowest BCUT2D eigenvalue weighted by molar-refractivity contribution is -0.120. The SMILES string of the molecule is O=C(Nc1cc(O)c(-n2nc3ccccc3n2)cc1C1CCCC1)C1CCCCC1. The summed E-state index contributed by atoms with van der Waals surface area (Å²) in [6.45, 7) is 0. The number of hydrogen-bond donors (Lipinski definition) is 2. The van der Waals surface area contributed by atoms with Crippen LogP contribution >= 0.6 is 0 Å². The second-order valence-corrected chi connectivity index (χ2v) is 8.71. The standard InChI is InChI=1S/C24H28N4O2/c29-23-15-21(25-24(30)17-10-2-1-3-11-17)18(16-8-4-5-9-16)14-22(23)28-26-19-12-6-7-13-20(19)27-28/h6-7,12-17,29H,1-5,8-11H2,(H,25,30). The molecule has 0 bridgehead atoms. The fourth-order valence-electron chi connectivity index (χ4n) is 5.00. The lowest BCUT2D eigenvalue weighted by Gasteiger charge is -2.23. The van der Waals surface area contributed by atoms with E-state index in [1.165, 1.54) is 24.1 Å². The summed E-state index contributed by atoms with van der Waals surface area (Å²) in [5.41, 5.74) is 3.97. The summed E-state index contributed by atoms with van der Waals surface area (Å²) in [5, 5.41) is 23.0. The molecule has 30 heavy (non-hydrogen) atoms. The van der Waals surface area contributed by atoms with E-state index in [0.29, 0.717) is 11.6 Å². The minimum absolute atomic E-state index is 0.0788. The predicted molar refractivity (Wildman–Crippen MR) is 117 cm³/mol. The lowest BCUT2D eigenvalue weighted by atomic mass is 9.88. The average molecular weight is 405 g/mol. The van der Waals surface area contributed by atoms with Crippen LogP contribution in [0.2, 0.25) is 0 Å². The van der Waals surface area contributed by atoms with Crippen molar-refractivity contribution >= 4 is 22.6 Å². The molecule has 6 heteroatoms. The number of benzene rings is 2. The van der Waals surface area contributed by atoms with Gasteiger partial charge in [-0.15, -0.1) is 15.0 Å². The van der Waals surface area contributed by atoms with Crippen LogP contribution in [0.5, 0.6) is 5.75 Å². The van der Waals surface area contributed by atoms with Gasteiger partial charge in [0.2, 0.25) is 5.91 Å². The molecule has 0 saturated heterocycles. The summed E-state index contributed by atoms with van der Waals surface area (Å²) in [7, 11) is 0. The Morgan fingerprint density at radius 1 is 0.933 bits per heavy atom.